The Morgan fingerprint density at radius 2 is 2.00 bits per heavy atom. The normalized spacial score (nSPS) is 23.1. The van der Waals surface area contributed by atoms with Crippen LogP contribution in [0.4, 0.5) is 0 Å². The van der Waals surface area contributed by atoms with Crippen molar-refractivity contribution in [1.82, 2.24) is 10.2 Å². The maximum Gasteiger partial charge on any atom is 0.243 e. The molecule has 5 nitrogen and oxygen atoms in total. The van der Waals surface area contributed by atoms with Crippen molar-refractivity contribution < 1.29 is 14.4 Å². The average Bonchev–Trinajstić information content (AvgIpc) is 2.11. The first-order valence-corrected chi connectivity index (χ1v) is 5.33. The highest BCUT2D eigenvalue weighted by Gasteiger charge is 2.33. The van der Waals surface area contributed by atoms with Crippen LogP contribution in [0, 0.1) is 5.41 Å². The first-order chi connectivity index (χ1) is 7.21. The zero-order valence-corrected chi connectivity index (χ0v) is 10.2. The van der Waals surface area contributed by atoms with Crippen molar-refractivity contribution in [3.05, 3.63) is 0 Å². The van der Waals surface area contributed by atoms with E-state index in [2.05, 4.69) is 5.32 Å². The van der Waals surface area contributed by atoms with Crippen LogP contribution in [0.3, 0.4) is 0 Å². The lowest BCUT2D eigenvalue weighted by atomic mass is 9.90. The number of carbonyl (C=O) groups is 3. The van der Waals surface area contributed by atoms with Crippen LogP contribution >= 0.6 is 0 Å². The van der Waals surface area contributed by atoms with Gasteiger partial charge in [0.25, 0.3) is 0 Å². The fourth-order valence-corrected chi connectivity index (χ4v) is 1.38. The van der Waals surface area contributed by atoms with E-state index in [1.165, 1.54) is 0 Å². The molecule has 0 spiro atoms. The van der Waals surface area contributed by atoms with E-state index < -0.39 is 11.5 Å². The van der Waals surface area contributed by atoms with E-state index in [1.54, 1.807) is 11.8 Å². The van der Waals surface area contributed by atoms with Gasteiger partial charge in [-0.15, -0.1) is 0 Å². The molecular weight excluding hydrogens is 208 g/mol. The van der Waals surface area contributed by atoms with Gasteiger partial charge in [-0.05, 0) is 6.92 Å². The highest BCUT2D eigenvalue weighted by atomic mass is 16.2. The Kier molecular flexibility index (Phi) is 3.48. The maximum atomic E-state index is 11.8. The molecule has 0 aromatic carbocycles. The van der Waals surface area contributed by atoms with Gasteiger partial charge >= 0.3 is 0 Å². The van der Waals surface area contributed by atoms with E-state index in [9.17, 15) is 14.4 Å². The number of rotatable bonds is 2. The largest absolute Gasteiger partial charge is 0.298 e. The van der Waals surface area contributed by atoms with Gasteiger partial charge in [0.15, 0.2) is 5.78 Å². The Balaban J connectivity index is 2.69. The van der Waals surface area contributed by atoms with E-state index in [0.717, 1.165) is 0 Å². The zero-order valence-electron chi connectivity index (χ0n) is 10.2. The summed E-state index contributed by atoms with van der Waals surface area (Å²) >= 11 is 0. The molecule has 1 aliphatic heterocycles. The molecule has 0 bridgehead atoms. The van der Waals surface area contributed by atoms with Crippen molar-refractivity contribution in [2.24, 2.45) is 5.41 Å². The lowest BCUT2D eigenvalue weighted by Gasteiger charge is -2.32. The van der Waals surface area contributed by atoms with Gasteiger partial charge in [-0.25, -0.2) is 0 Å². The second-order valence-corrected chi connectivity index (χ2v) is 5.17. The molecule has 16 heavy (non-hydrogen) atoms. The Bertz CT molecular complexity index is 331. The lowest BCUT2D eigenvalue weighted by molar-refractivity contribution is -0.141. The number of amides is 2. The number of Topliss-reactive ketones (excluding diaryl/α,β-unsaturated/α-hetero) is 1. The van der Waals surface area contributed by atoms with Gasteiger partial charge in [0, 0.05) is 5.41 Å². The summed E-state index contributed by atoms with van der Waals surface area (Å²) in [5.74, 6) is -0.649. The number of hydrogen-bond donors (Lipinski definition) is 1. The molecule has 90 valence electrons. The predicted molar refractivity (Wildman–Crippen MR) is 58.6 cm³/mol. The minimum atomic E-state index is -0.448. The standard InChI is InChI=1S/C11H18N2O3/c1-7-10(16)12-9(15)6-13(7)5-8(14)11(2,3)4/h7H,5-6H2,1-4H3,(H,12,15,16). The molecule has 1 N–H and O–H groups in total. The van der Waals surface area contributed by atoms with E-state index >= 15 is 0 Å². The summed E-state index contributed by atoms with van der Waals surface area (Å²) < 4.78 is 0. The van der Waals surface area contributed by atoms with Crippen LogP contribution in [0.2, 0.25) is 0 Å². The lowest BCUT2D eigenvalue weighted by Crippen LogP contribution is -2.58. The smallest absolute Gasteiger partial charge is 0.243 e. The van der Waals surface area contributed by atoms with E-state index in [1.807, 2.05) is 20.8 Å². The fraction of sp³-hybridized carbons (Fsp3) is 0.727. The van der Waals surface area contributed by atoms with Crippen LogP contribution in [-0.4, -0.2) is 41.6 Å². The van der Waals surface area contributed by atoms with Crippen molar-refractivity contribution in [1.29, 1.82) is 0 Å². The Labute approximate surface area is 95.2 Å². The third-order valence-corrected chi connectivity index (χ3v) is 2.72. The highest BCUT2D eigenvalue weighted by Crippen LogP contribution is 2.16. The molecule has 1 aliphatic rings. The van der Waals surface area contributed by atoms with Gasteiger partial charge in [-0.2, -0.15) is 0 Å². The van der Waals surface area contributed by atoms with Crippen LogP contribution in [0.1, 0.15) is 27.7 Å². The fourth-order valence-electron chi connectivity index (χ4n) is 1.38. The molecule has 0 saturated carbocycles. The summed E-state index contributed by atoms with van der Waals surface area (Å²) in [6.07, 6.45) is 0. The summed E-state index contributed by atoms with van der Waals surface area (Å²) in [4.78, 5) is 35.9. The SMILES string of the molecule is CC1C(=O)NC(=O)CN1CC(=O)C(C)(C)C. The van der Waals surface area contributed by atoms with Gasteiger partial charge in [0.1, 0.15) is 0 Å². The number of hydrogen-bond acceptors (Lipinski definition) is 4. The van der Waals surface area contributed by atoms with Gasteiger partial charge in [0.05, 0.1) is 19.1 Å². The highest BCUT2D eigenvalue weighted by molar-refractivity contribution is 6.01. The molecule has 1 atom stereocenters. The molecule has 0 aliphatic carbocycles. The number of imide groups is 1. The first-order valence-electron chi connectivity index (χ1n) is 5.33. The van der Waals surface area contributed by atoms with Crippen LogP contribution in [-0.2, 0) is 14.4 Å². The van der Waals surface area contributed by atoms with E-state index in [-0.39, 0.29) is 30.7 Å². The second kappa shape index (κ2) is 4.33. The van der Waals surface area contributed by atoms with Gasteiger partial charge in [0.2, 0.25) is 11.8 Å². The van der Waals surface area contributed by atoms with Gasteiger partial charge < -0.3 is 0 Å². The molecular formula is C11H18N2O3. The van der Waals surface area contributed by atoms with Crippen LogP contribution in [0.5, 0.6) is 0 Å². The second-order valence-electron chi connectivity index (χ2n) is 5.17. The first kappa shape index (κ1) is 12.8. The Morgan fingerprint density at radius 1 is 1.44 bits per heavy atom. The summed E-state index contributed by atoms with van der Waals surface area (Å²) in [5, 5.41) is 2.24. The minimum absolute atomic E-state index is 0.0295. The third kappa shape index (κ3) is 2.88. The predicted octanol–water partition coefficient (Wildman–Crippen LogP) is -0.0515. The topological polar surface area (TPSA) is 66.5 Å². The summed E-state index contributed by atoms with van der Waals surface area (Å²) in [6, 6.07) is -0.427. The molecule has 1 unspecified atom stereocenters. The van der Waals surface area contributed by atoms with Crippen LogP contribution in [0.25, 0.3) is 0 Å². The zero-order chi connectivity index (χ0) is 12.5. The number of ketones is 1. The number of nitrogens with one attached hydrogen (secondary N) is 1. The summed E-state index contributed by atoms with van der Waals surface area (Å²) in [7, 11) is 0. The van der Waals surface area contributed by atoms with E-state index in [0.29, 0.717) is 0 Å². The van der Waals surface area contributed by atoms with Crippen molar-refractivity contribution in [3.8, 4) is 0 Å². The van der Waals surface area contributed by atoms with Crippen molar-refractivity contribution in [3.63, 3.8) is 0 Å². The molecule has 0 aromatic heterocycles. The molecule has 1 saturated heterocycles. The number of piperazine rings is 1. The molecule has 0 aromatic rings. The Morgan fingerprint density at radius 3 is 2.50 bits per heavy atom. The van der Waals surface area contributed by atoms with Crippen LogP contribution in [0.15, 0.2) is 0 Å². The molecule has 2 amide bonds. The maximum absolute atomic E-state index is 11.8. The molecule has 5 heteroatoms. The van der Waals surface area contributed by atoms with E-state index in [4.69, 9.17) is 0 Å². The summed E-state index contributed by atoms with van der Waals surface area (Å²) in [6.45, 7) is 7.42. The molecule has 1 heterocycles. The average molecular weight is 226 g/mol. The van der Waals surface area contributed by atoms with Crippen LogP contribution < -0.4 is 5.32 Å². The monoisotopic (exact) mass is 226 g/mol. The molecule has 1 fully saturated rings. The van der Waals surface area contributed by atoms with Crippen molar-refractivity contribution in [2.45, 2.75) is 33.7 Å². The van der Waals surface area contributed by atoms with Gasteiger partial charge in [-0.3, -0.25) is 24.6 Å². The molecule has 1 rings (SSSR count). The quantitative estimate of drug-likeness (QED) is 0.670. The van der Waals surface area contributed by atoms with Gasteiger partial charge in [-0.1, -0.05) is 20.8 Å². The molecule has 0 radical (unpaired) electrons. The van der Waals surface area contributed by atoms with Crippen molar-refractivity contribution in [2.75, 3.05) is 13.1 Å². The van der Waals surface area contributed by atoms with Crippen molar-refractivity contribution >= 4 is 17.6 Å². The summed E-state index contributed by atoms with van der Waals surface area (Å²) in [5.41, 5.74) is -0.448. The minimum Gasteiger partial charge on any atom is -0.298 e. The number of carbonyl (C=O) groups excluding carboxylic acids is 3. The third-order valence-electron chi connectivity index (χ3n) is 2.72. The number of nitrogens with zero attached hydrogens (tertiary/aromatic N) is 1. The Hall–Kier alpha value is -1.23.